The van der Waals surface area contributed by atoms with E-state index in [4.69, 9.17) is 30.5 Å². The highest BCUT2D eigenvalue weighted by molar-refractivity contribution is 6.35. The van der Waals surface area contributed by atoms with Crippen molar-refractivity contribution in [2.24, 2.45) is 10.9 Å². The zero-order chi connectivity index (χ0) is 27.8. The van der Waals surface area contributed by atoms with Crippen molar-refractivity contribution in [3.8, 4) is 5.75 Å². The molecule has 0 spiro atoms. The number of carbonyl (C=O) groups is 2. The van der Waals surface area contributed by atoms with Crippen LogP contribution in [-0.4, -0.2) is 74.1 Å². The molecule has 4 rings (SSSR count). The number of halogens is 1. The van der Waals surface area contributed by atoms with E-state index in [0.717, 1.165) is 11.1 Å². The number of aliphatic hydroxyl groups is 1. The third kappa shape index (κ3) is 5.66. The fourth-order valence-electron chi connectivity index (χ4n) is 5.17. The van der Waals surface area contributed by atoms with Gasteiger partial charge in [0.15, 0.2) is 0 Å². The minimum Gasteiger partial charge on any atom is -0.495 e. The second-order valence-corrected chi connectivity index (χ2v) is 10.7. The Hall–Kier alpha value is -2.72. The van der Waals surface area contributed by atoms with Crippen LogP contribution in [0.1, 0.15) is 39.2 Å². The van der Waals surface area contributed by atoms with Crippen molar-refractivity contribution in [1.82, 2.24) is 0 Å². The maximum atomic E-state index is 13.2. The summed E-state index contributed by atoms with van der Waals surface area (Å²) < 4.78 is 22.6. The molecule has 0 unspecified atom stereocenters. The molecular weight excluding hydrogens is 512 g/mol. The summed E-state index contributed by atoms with van der Waals surface area (Å²) in [6.07, 6.45) is 3.26. The molecule has 3 heterocycles. The van der Waals surface area contributed by atoms with Crippen molar-refractivity contribution >= 4 is 35.0 Å². The van der Waals surface area contributed by atoms with E-state index in [1.165, 1.54) is 12.0 Å². The molecule has 2 amide bonds. The highest BCUT2D eigenvalue weighted by Crippen LogP contribution is 2.47. The fourth-order valence-corrected chi connectivity index (χ4v) is 5.48. The molecule has 3 aliphatic rings. The Balaban J connectivity index is 1.73. The quantitative estimate of drug-likeness (QED) is 0.551. The molecule has 1 fully saturated rings. The van der Waals surface area contributed by atoms with Crippen molar-refractivity contribution in [3.05, 3.63) is 46.5 Å². The highest BCUT2D eigenvalue weighted by atomic mass is 35.5. The topological polar surface area (TPSA) is 110 Å². The Morgan fingerprint density at radius 3 is 2.66 bits per heavy atom. The van der Waals surface area contributed by atoms with Crippen LogP contribution in [0.4, 0.5) is 10.5 Å². The first-order valence-corrected chi connectivity index (χ1v) is 13.0. The number of anilines is 1. The molecule has 0 saturated carbocycles. The van der Waals surface area contributed by atoms with Crippen LogP contribution < -0.4 is 9.64 Å². The van der Waals surface area contributed by atoms with Gasteiger partial charge in [0.25, 0.3) is 0 Å². The van der Waals surface area contributed by atoms with Gasteiger partial charge in [0.2, 0.25) is 5.91 Å². The molecule has 6 atom stereocenters. The van der Waals surface area contributed by atoms with E-state index in [9.17, 15) is 14.7 Å². The molecule has 1 saturated heterocycles. The van der Waals surface area contributed by atoms with Crippen LogP contribution in [0.5, 0.6) is 5.75 Å². The number of epoxide rings is 1. The van der Waals surface area contributed by atoms with Gasteiger partial charge in [-0.05, 0) is 38.0 Å². The number of hydrogen-bond donors (Lipinski definition) is 1. The Labute approximate surface area is 228 Å². The summed E-state index contributed by atoms with van der Waals surface area (Å²) in [6, 6.07) is 3.69. The Bertz CT molecular complexity index is 1200. The van der Waals surface area contributed by atoms with Gasteiger partial charge in [0, 0.05) is 26.5 Å². The van der Waals surface area contributed by atoms with Gasteiger partial charge in [-0.1, -0.05) is 42.3 Å². The number of carbonyl (C=O) groups excluding carboxylic acids is 2. The molecule has 0 aliphatic carbocycles. The molecule has 10 heteroatoms. The molecule has 0 radical (unpaired) electrons. The van der Waals surface area contributed by atoms with E-state index in [1.54, 1.807) is 21.1 Å². The normalized spacial score (nSPS) is 34.4. The summed E-state index contributed by atoms with van der Waals surface area (Å²) in [6.45, 7) is 5.65. The third-order valence-corrected chi connectivity index (χ3v) is 8.03. The van der Waals surface area contributed by atoms with Crippen molar-refractivity contribution in [2.45, 2.75) is 70.1 Å². The largest absolute Gasteiger partial charge is 0.495 e. The lowest BCUT2D eigenvalue weighted by Crippen LogP contribution is -2.42. The maximum absolute atomic E-state index is 13.2. The Morgan fingerprint density at radius 2 is 1.97 bits per heavy atom. The Morgan fingerprint density at radius 1 is 1.24 bits per heavy atom. The number of rotatable bonds is 2. The van der Waals surface area contributed by atoms with Gasteiger partial charge >= 0.3 is 6.09 Å². The van der Waals surface area contributed by atoms with E-state index in [2.05, 4.69) is 4.99 Å². The number of amides is 2. The predicted octanol–water partition coefficient (Wildman–Crippen LogP) is 4.28. The summed E-state index contributed by atoms with van der Waals surface area (Å²) in [5.41, 5.74) is 2.02. The van der Waals surface area contributed by atoms with Crippen molar-refractivity contribution < 1.29 is 33.6 Å². The van der Waals surface area contributed by atoms with Gasteiger partial charge in [0.1, 0.15) is 28.6 Å². The molecule has 38 heavy (non-hydrogen) atoms. The third-order valence-electron chi connectivity index (χ3n) is 7.65. The van der Waals surface area contributed by atoms with Crippen LogP contribution >= 0.6 is 11.6 Å². The zero-order valence-corrected chi connectivity index (χ0v) is 23.3. The van der Waals surface area contributed by atoms with Crippen molar-refractivity contribution in [2.75, 3.05) is 26.2 Å². The summed E-state index contributed by atoms with van der Waals surface area (Å²) in [5.74, 6) is -0.122. The average Bonchev–Trinajstić information content (AvgIpc) is 3.58. The lowest BCUT2D eigenvalue weighted by Gasteiger charge is -2.29. The van der Waals surface area contributed by atoms with Gasteiger partial charge in [-0.15, -0.1) is 0 Å². The molecule has 1 aromatic carbocycles. The number of ether oxygens (including phenoxy) is 4. The number of benzene rings is 1. The molecule has 9 nitrogen and oxygen atoms in total. The van der Waals surface area contributed by atoms with Crippen molar-refractivity contribution in [1.29, 1.82) is 0 Å². The number of methoxy groups -OCH3 is 2. The van der Waals surface area contributed by atoms with Crippen LogP contribution in [0.2, 0.25) is 5.02 Å². The number of fused-ring (bicyclic) bond motifs is 5. The highest BCUT2D eigenvalue weighted by Gasteiger charge is 2.61. The molecule has 206 valence electrons. The van der Waals surface area contributed by atoms with Crippen LogP contribution in [0.25, 0.3) is 0 Å². The number of nitrogens with zero attached hydrogens (tertiary/aromatic N) is 2. The molecular formula is C28H35ClN2O7. The van der Waals surface area contributed by atoms with Crippen molar-refractivity contribution in [3.63, 3.8) is 0 Å². The van der Waals surface area contributed by atoms with E-state index in [0.29, 0.717) is 35.0 Å². The lowest BCUT2D eigenvalue weighted by molar-refractivity contribution is -0.121. The average molecular weight is 547 g/mol. The Kier molecular flexibility index (Phi) is 8.32. The molecule has 1 aromatic rings. The second kappa shape index (κ2) is 11.2. The van der Waals surface area contributed by atoms with Crippen LogP contribution in [0.3, 0.4) is 0 Å². The van der Waals surface area contributed by atoms with Gasteiger partial charge < -0.3 is 29.0 Å². The SMILES string of the molecule is COc1cc2cc(c1Cl)N(C)C(=O)C[C@H](O)[C@]1(C)O[C@H]1[C@H](C)[C@@H]1CC(=NC(=O)O1)[C@H](OC)/C=C/C=C(\C)C2. The minimum atomic E-state index is -1.08. The minimum absolute atomic E-state index is 0.176. The van der Waals surface area contributed by atoms with Crippen LogP contribution in [-0.2, 0) is 25.4 Å². The first-order valence-electron chi connectivity index (χ1n) is 12.6. The van der Waals surface area contributed by atoms with E-state index in [1.807, 2.05) is 44.2 Å². The molecule has 1 N–H and O–H groups in total. The summed E-state index contributed by atoms with van der Waals surface area (Å²) in [7, 11) is 4.71. The number of hydrogen-bond acceptors (Lipinski definition) is 7. The summed E-state index contributed by atoms with van der Waals surface area (Å²) in [4.78, 5) is 31.1. The molecule has 0 aromatic heterocycles. The van der Waals surface area contributed by atoms with Gasteiger partial charge in [0.05, 0.1) is 37.1 Å². The standard InChI is InChI=1S/C28H35ClN2O7/c1-15-8-7-9-20(35-5)18-13-21(37-27(34)30-18)16(2)26-28(3,38-26)23(32)14-24(33)31(4)19-11-17(10-15)12-22(36-6)25(19)29/h7-9,11-12,16,20-21,23,26,32H,10,13-14H2,1-6H3/b9-7+,15-8+/t16-,20-,21+,23+,26+,28+/m1/s1. The van der Waals surface area contributed by atoms with E-state index >= 15 is 0 Å². The van der Waals surface area contributed by atoms with Gasteiger partial charge in [-0.3, -0.25) is 4.79 Å². The smallest absolute Gasteiger partial charge is 0.433 e. The summed E-state index contributed by atoms with van der Waals surface area (Å²) in [5, 5.41) is 11.4. The monoisotopic (exact) mass is 546 g/mol. The number of aliphatic imine (C=N–C) groups is 1. The van der Waals surface area contributed by atoms with E-state index < -0.39 is 36.1 Å². The second-order valence-electron chi connectivity index (χ2n) is 10.3. The van der Waals surface area contributed by atoms with Crippen LogP contribution in [0, 0.1) is 5.92 Å². The van der Waals surface area contributed by atoms with E-state index in [-0.39, 0.29) is 18.2 Å². The first-order chi connectivity index (χ1) is 18.0. The fraction of sp³-hybridized carbons (Fsp3) is 0.536. The first kappa shape index (κ1) is 28.3. The maximum Gasteiger partial charge on any atom is 0.433 e. The lowest BCUT2D eigenvalue weighted by atomic mass is 9.85. The zero-order valence-electron chi connectivity index (χ0n) is 22.6. The van der Waals surface area contributed by atoms with Gasteiger partial charge in [-0.2, -0.15) is 4.99 Å². The molecule has 4 bridgehead atoms. The predicted molar refractivity (Wildman–Crippen MR) is 144 cm³/mol. The summed E-state index contributed by atoms with van der Waals surface area (Å²) >= 11 is 6.59. The number of allylic oxidation sites excluding steroid dienone is 3. The number of aliphatic hydroxyl groups excluding tert-OH is 1. The van der Waals surface area contributed by atoms with Crippen LogP contribution in [0.15, 0.2) is 40.9 Å². The molecule has 3 aliphatic heterocycles. The van der Waals surface area contributed by atoms with Gasteiger partial charge in [-0.25, -0.2) is 4.79 Å².